The fourth-order valence-corrected chi connectivity index (χ4v) is 2.03. The van der Waals surface area contributed by atoms with Gasteiger partial charge in [-0.3, -0.25) is 15.6 Å². The third-order valence-corrected chi connectivity index (χ3v) is 3.20. The van der Waals surface area contributed by atoms with Crippen LogP contribution in [0.2, 0.25) is 0 Å². The van der Waals surface area contributed by atoms with Crippen molar-refractivity contribution in [3.05, 3.63) is 59.7 Å². The number of hydrogen-bond acceptors (Lipinski definition) is 3. The number of phenols is 1. The zero-order chi connectivity index (χ0) is 15.9. The number of anilines is 1. The van der Waals surface area contributed by atoms with E-state index in [1.165, 1.54) is 17.7 Å². The van der Waals surface area contributed by atoms with E-state index in [4.69, 9.17) is 12.2 Å². The summed E-state index contributed by atoms with van der Waals surface area (Å²) in [4.78, 5) is 11.9. The first-order valence-corrected chi connectivity index (χ1v) is 7.24. The molecule has 0 aliphatic carbocycles. The summed E-state index contributed by atoms with van der Waals surface area (Å²) < 4.78 is 0. The van der Waals surface area contributed by atoms with Gasteiger partial charge in [-0.2, -0.15) is 0 Å². The number of nitrogens with one attached hydrogen (secondary N) is 3. The standard InChI is InChI=1S/C16H17N3O2S/c1-2-11-5-3-7-13(9-11)17-16(22)19-18-15(21)12-6-4-8-14(20)10-12/h3-10,20H,2H2,1H3,(H,18,21)(H2,17,19,22). The highest BCUT2D eigenvalue weighted by Crippen LogP contribution is 2.11. The van der Waals surface area contributed by atoms with Gasteiger partial charge in [-0.25, -0.2) is 0 Å². The van der Waals surface area contributed by atoms with E-state index in [9.17, 15) is 9.90 Å². The van der Waals surface area contributed by atoms with Gasteiger partial charge in [0.2, 0.25) is 0 Å². The average Bonchev–Trinajstić information content (AvgIpc) is 2.52. The lowest BCUT2D eigenvalue weighted by molar-refractivity contribution is 0.0944. The lowest BCUT2D eigenvalue weighted by Crippen LogP contribution is -2.43. The maximum absolute atomic E-state index is 11.9. The summed E-state index contributed by atoms with van der Waals surface area (Å²) in [6, 6.07) is 13.9. The van der Waals surface area contributed by atoms with Gasteiger partial charge in [-0.15, -0.1) is 0 Å². The van der Waals surface area contributed by atoms with E-state index in [0.29, 0.717) is 5.56 Å². The Hall–Kier alpha value is -2.60. The second-order valence-corrected chi connectivity index (χ2v) is 5.05. The summed E-state index contributed by atoms with van der Waals surface area (Å²) in [5.41, 5.74) is 7.47. The molecule has 2 aromatic carbocycles. The fourth-order valence-electron chi connectivity index (χ4n) is 1.86. The Morgan fingerprint density at radius 1 is 1.14 bits per heavy atom. The molecule has 2 aromatic rings. The molecule has 0 aliphatic heterocycles. The van der Waals surface area contributed by atoms with Crippen LogP contribution in [0.25, 0.3) is 0 Å². The Morgan fingerprint density at radius 2 is 1.91 bits per heavy atom. The maximum atomic E-state index is 11.9. The highest BCUT2D eigenvalue weighted by molar-refractivity contribution is 7.80. The molecule has 5 nitrogen and oxygen atoms in total. The third kappa shape index (κ3) is 4.46. The normalized spacial score (nSPS) is 9.86. The fraction of sp³-hybridized carbons (Fsp3) is 0.125. The molecule has 114 valence electrons. The van der Waals surface area contributed by atoms with Gasteiger partial charge in [0, 0.05) is 11.3 Å². The van der Waals surface area contributed by atoms with Crippen molar-refractivity contribution in [2.24, 2.45) is 0 Å². The Morgan fingerprint density at radius 3 is 2.64 bits per heavy atom. The van der Waals surface area contributed by atoms with Crippen molar-refractivity contribution in [3.8, 4) is 5.75 Å². The zero-order valence-electron chi connectivity index (χ0n) is 12.1. The van der Waals surface area contributed by atoms with Crippen molar-refractivity contribution in [1.82, 2.24) is 10.9 Å². The largest absolute Gasteiger partial charge is 0.508 e. The van der Waals surface area contributed by atoms with Crippen molar-refractivity contribution in [2.75, 3.05) is 5.32 Å². The van der Waals surface area contributed by atoms with Gasteiger partial charge in [0.25, 0.3) is 5.91 Å². The smallest absolute Gasteiger partial charge is 0.269 e. The summed E-state index contributed by atoms with van der Waals surface area (Å²) in [7, 11) is 0. The van der Waals surface area contributed by atoms with Crippen LogP contribution in [0, 0.1) is 0 Å². The van der Waals surface area contributed by atoms with Crippen LogP contribution in [0.5, 0.6) is 5.75 Å². The average molecular weight is 315 g/mol. The number of hydrazine groups is 1. The number of carbonyl (C=O) groups is 1. The van der Waals surface area contributed by atoms with Crippen LogP contribution in [-0.2, 0) is 6.42 Å². The molecule has 0 unspecified atom stereocenters. The predicted molar refractivity (Wildman–Crippen MR) is 90.7 cm³/mol. The van der Waals surface area contributed by atoms with Crippen LogP contribution in [0.1, 0.15) is 22.8 Å². The number of phenolic OH excluding ortho intramolecular Hbond substituents is 1. The molecule has 0 bridgehead atoms. The molecule has 6 heteroatoms. The topological polar surface area (TPSA) is 73.4 Å². The van der Waals surface area contributed by atoms with Crippen LogP contribution in [-0.4, -0.2) is 16.1 Å². The third-order valence-electron chi connectivity index (χ3n) is 2.99. The molecule has 4 N–H and O–H groups in total. The number of aromatic hydroxyl groups is 1. The molecule has 1 amide bonds. The number of aryl methyl sites for hydroxylation is 1. The first-order chi connectivity index (χ1) is 10.6. The molecule has 0 aliphatic rings. The molecule has 0 spiro atoms. The predicted octanol–water partition coefficient (Wildman–Crippen LogP) is 2.59. The molecule has 0 heterocycles. The summed E-state index contributed by atoms with van der Waals surface area (Å²) in [5, 5.41) is 12.6. The van der Waals surface area contributed by atoms with E-state index in [1.807, 2.05) is 24.3 Å². The van der Waals surface area contributed by atoms with Crippen LogP contribution >= 0.6 is 12.2 Å². The lowest BCUT2D eigenvalue weighted by Gasteiger charge is -2.12. The van der Waals surface area contributed by atoms with Crippen LogP contribution in [0.3, 0.4) is 0 Å². The SMILES string of the molecule is CCc1cccc(NC(=S)NNC(=O)c2cccc(O)c2)c1. The first kappa shape index (κ1) is 15.8. The number of thiocarbonyl (C=S) groups is 1. The van der Waals surface area contributed by atoms with E-state index in [-0.39, 0.29) is 16.8 Å². The highest BCUT2D eigenvalue weighted by atomic mass is 32.1. The molecule has 0 saturated heterocycles. The van der Waals surface area contributed by atoms with Gasteiger partial charge in [-0.05, 0) is 54.5 Å². The van der Waals surface area contributed by atoms with E-state index in [0.717, 1.165) is 12.1 Å². The lowest BCUT2D eigenvalue weighted by atomic mass is 10.1. The van der Waals surface area contributed by atoms with Crippen LogP contribution in [0.15, 0.2) is 48.5 Å². The van der Waals surface area contributed by atoms with Gasteiger partial charge in [0.1, 0.15) is 5.75 Å². The Kier molecular flexibility index (Phi) is 5.32. The van der Waals surface area contributed by atoms with Gasteiger partial charge in [0.05, 0.1) is 0 Å². The second-order valence-electron chi connectivity index (χ2n) is 4.64. The first-order valence-electron chi connectivity index (χ1n) is 6.84. The number of rotatable bonds is 3. The molecule has 0 saturated carbocycles. The van der Waals surface area contributed by atoms with E-state index in [2.05, 4.69) is 23.1 Å². The molecule has 0 atom stereocenters. The molecule has 0 radical (unpaired) electrons. The number of benzene rings is 2. The van der Waals surface area contributed by atoms with E-state index < -0.39 is 0 Å². The molecule has 22 heavy (non-hydrogen) atoms. The van der Waals surface area contributed by atoms with Crippen molar-refractivity contribution in [3.63, 3.8) is 0 Å². The minimum Gasteiger partial charge on any atom is -0.508 e. The van der Waals surface area contributed by atoms with Crippen molar-refractivity contribution >= 4 is 28.9 Å². The second kappa shape index (κ2) is 7.42. The highest BCUT2D eigenvalue weighted by Gasteiger charge is 2.06. The molecule has 0 fully saturated rings. The maximum Gasteiger partial charge on any atom is 0.269 e. The molecule has 2 rings (SSSR count). The summed E-state index contributed by atoms with van der Waals surface area (Å²) >= 11 is 5.12. The van der Waals surface area contributed by atoms with Gasteiger partial charge >= 0.3 is 0 Å². The van der Waals surface area contributed by atoms with E-state index >= 15 is 0 Å². The van der Waals surface area contributed by atoms with Crippen molar-refractivity contribution in [2.45, 2.75) is 13.3 Å². The Labute approximate surface area is 134 Å². The van der Waals surface area contributed by atoms with Gasteiger partial charge in [-0.1, -0.05) is 25.1 Å². The summed E-state index contributed by atoms with van der Waals surface area (Å²) in [5.74, 6) is -0.355. The molecule has 0 aromatic heterocycles. The molecular weight excluding hydrogens is 298 g/mol. The number of hydrogen-bond donors (Lipinski definition) is 4. The summed E-state index contributed by atoms with van der Waals surface area (Å²) in [6.07, 6.45) is 0.934. The van der Waals surface area contributed by atoms with Crippen molar-refractivity contribution < 1.29 is 9.90 Å². The number of carbonyl (C=O) groups excluding carboxylic acids is 1. The minimum absolute atomic E-state index is 0.0322. The molecular formula is C16H17N3O2S. The monoisotopic (exact) mass is 315 g/mol. The van der Waals surface area contributed by atoms with Crippen LogP contribution < -0.4 is 16.2 Å². The van der Waals surface area contributed by atoms with E-state index in [1.54, 1.807) is 12.1 Å². The number of amides is 1. The minimum atomic E-state index is -0.387. The quantitative estimate of drug-likeness (QED) is 0.517. The Bertz CT molecular complexity index is 689. The Balaban J connectivity index is 1.88. The van der Waals surface area contributed by atoms with Gasteiger partial charge in [0.15, 0.2) is 5.11 Å². The van der Waals surface area contributed by atoms with Crippen molar-refractivity contribution in [1.29, 1.82) is 0 Å². The zero-order valence-corrected chi connectivity index (χ0v) is 12.9. The summed E-state index contributed by atoms with van der Waals surface area (Å²) in [6.45, 7) is 2.07. The van der Waals surface area contributed by atoms with Gasteiger partial charge < -0.3 is 10.4 Å². The van der Waals surface area contributed by atoms with Crippen LogP contribution in [0.4, 0.5) is 5.69 Å².